The van der Waals surface area contributed by atoms with Crippen LogP contribution < -0.4 is 0 Å². The molecule has 0 aliphatic heterocycles. The van der Waals surface area contributed by atoms with Gasteiger partial charge in [-0.2, -0.15) is 0 Å². The SMILES string of the molecule is C.CC(C)(C)c1ccc(C(C)(C)C)cc1. The highest BCUT2D eigenvalue weighted by Crippen LogP contribution is 2.26. The predicted octanol–water partition coefficient (Wildman–Crippen LogP) is 4.92. The van der Waals surface area contributed by atoms with Gasteiger partial charge in [0.05, 0.1) is 0 Å². The van der Waals surface area contributed by atoms with Crippen LogP contribution in [0.1, 0.15) is 60.1 Å². The summed E-state index contributed by atoms with van der Waals surface area (Å²) in [5.74, 6) is 0. The van der Waals surface area contributed by atoms with Crippen molar-refractivity contribution in [3.05, 3.63) is 35.4 Å². The van der Waals surface area contributed by atoms with E-state index in [1.54, 1.807) is 0 Å². The van der Waals surface area contributed by atoms with Crippen LogP contribution in [0.25, 0.3) is 0 Å². The Morgan fingerprint density at radius 2 is 0.800 bits per heavy atom. The van der Waals surface area contributed by atoms with Crippen LogP contribution in [0.2, 0.25) is 0 Å². The van der Waals surface area contributed by atoms with E-state index in [1.807, 2.05) is 0 Å². The van der Waals surface area contributed by atoms with E-state index >= 15 is 0 Å². The Hall–Kier alpha value is -0.780. The fourth-order valence-electron chi connectivity index (χ4n) is 1.47. The second kappa shape index (κ2) is 4.38. The third kappa shape index (κ3) is 3.70. The van der Waals surface area contributed by atoms with E-state index in [9.17, 15) is 0 Å². The summed E-state index contributed by atoms with van der Waals surface area (Å²) in [6.07, 6.45) is 0. The Kier molecular flexibility index (Phi) is 4.16. The Labute approximate surface area is 95.7 Å². The summed E-state index contributed by atoms with van der Waals surface area (Å²) in [6.45, 7) is 13.5. The molecule has 0 saturated carbocycles. The van der Waals surface area contributed by atoms with Crippen molar-refractivity contribution in [1.82, 2.24) is 0 Å². The van der Waals surface area contributed by atoms with E-state index in [0.29, 0.717) is 0 Å². The highest BCUT2D eigenvalue weighted by atomic mass is 14.2. The molecule has 0 unspecified atom stereocenters. The van der Waals surface area contributed by atoms with Crippen LogP contribution >= 0.6 is 0 Å². The van der Waals surface area contributed by atoms with Gasteiger partial charge in [-0.15, -0.1) is 0 Å². The van der Waals surface area contributed by atoms with Crippen LogP contribution in [0, 0.1) is 0 Å². The molecule has 0 radical (unpaired) electrons. The molecule has 0 aliphatic rings. The molecule has 1 aromatic carbocycles. The zero-order valence-electron chi connectivity index (χ0n) is 10.3. The van der Waals surface area contributed by atoms with E-state index in [0.717, 1.165) is 0 Å². The van der Waals surface area contributed by atoms with E-state index in [2.05, 4.69) is 65.8 Å². The van der Waals surface area contributed by atoms with Crippen molar-refractivity contribution in [3.63, 3.8) is 0 Å². The highest BCUT2D eigenvalue weighted by Gasteiger charge is 2.16. The Morgan fingerprint density at radius 3 is 0.933 bits per heavy atom. The fraction of sp³-hybridized carbons (Fsp3) is 0.600. The summed E-state index contributed by atoms with van der Waals surface area (Å²) in [5.41, 5.74) is 3.34. The maximum atomic E-state index is 2.25. The standard InChI is InChI=1S/C14H22.CH4/c1-13(2,3)11-7-9-12(10-8-11)14(4,5)6;/h7-10H,1-6H3;1H4. The molecule has 0 nitrogen and oxygen atoms in total. The number of rotatable bonds is 0. The van der Waals surface area contributed by atoms with Gasteiger partial charge in [-0.3, -0.25) is 0 Å². The topological polar surface area (TPSA) is 0 Å². The van der Waals surface area contributed by atoms with Crippen molar-refractivity contribution in [1.29, 1.82) is 0 Å². The van der Waals surface area contributed by atoms with Crippen LogP contribution in [0.5, 0.6) is 0 Å². The molecule has 1 aromatic rings. The third-order valence-electron chi connectivity index (χ3n) is 2.62. The van der Waals surface area contributed by atoms with Crippen molar-refractivity contribution in [2.24, 2.45) is 0 Å². The van der Waals surface area contributed by atoms with Gasteiger partial charge in [-0.1, -0.05) is 73.2 Å². The first-order valence-electron chi connectivity index (χ1n) is 5.32. The second-order valence-corrected chi connectivity index (χ2v) is 6.08. The second-order valence-electron chi connectivity index (χ2n) is 6.08. The molecule has 0 atom stereocenters. The van der Waals surface area contributed by atoms with Crippen molar-refractivity contribution in [2.75, 3.05) is 0 Å². The van der Waals surface area contributed by atoms with Gasteiger partial charge in [-0.25, -0.2) is 0 Å². The smallest absolute Gasteiger partial charge is 0.0132 e. The molecule has 86 valence electrons. The van der Waals surface area contributed by atoms with Crippen molar-refractivity contribution >= 4 is 0 Å². The molecular weight excluding hydrogens is 180 g/mol. The summed E-state index contributed by atoms with van der Waals surface area (Å²) >= 11 is 0. The van der Waals surface area contributed by atoms with Gasteiger partial charge in [0.2, 0.25) is 0 Å². The minimum atomic E-state index is 0. The number of benzene rings is 1. The number of hydrogen-bond acceptors (Lipinski definition) is 0. The van der Waals surface area contributed by atoms with Gasteiger partial charge in [0.1, 0.15) is 0 Å². The third-order valence-corrected chi connectivity index (χ3v) is 2.62. The molecule has 0 aromatic heterocycles. The average Bonchev–Trinajstić information content (AvgIpc) is 2.01. The Balaban J connectivity index is 0.00000196. The van der Waals surface area contributed by atoms with Gasteiger partial charge in [0.15, 0.2) is 0 Å². The lowest BCUT2D eigenvalue weighted by atomic mass is 9.82. The summed E-state index contributed by atoms with van der Waals surface area (Å²) in [7, 11) is 0. The van der Waals surface area contributed by atoms with Gasteiger partial charge in [0, 0.05) is 0 Å². The maximum absolute atomic E-state index is 2.25. The van der Waals surface area contributed by atoms with Crippen LogP contribution in [-0.4, -0.2) is 0 Å². The van der Waals surface area contributed by atoms with Gasteiger partial charge in [0.25, 0.3) is 0 Å². The highest BCUT2D eigenvalue weighted by molar-refractivity contribution is 5.30. The molecule has 0 fully saturated rings. The molecule has 0 amide bonds. The lowest BCUT2D eigenvalue weighted by molar-refractivity contribution is 0.577. The molecule has 0 bridgehead atoms. The van der Waals surface area contributed by atoms with Crippen molar-refractivity contribution in [2.45, 2.75) is 59.8 Å². The minimum absolute atomic E-state index is 0. The lowest BCUT2D eigenvalue weighted by Crippen LogP contribution is -2.14. The maximum Gasteiger partial charge on any atom is -0.0132 e. The summed E-state index contributed by atoms with van der Waals surface area (Å²) in [6, 6.07) is 9.00. The van der Waals surface area contributed by atoms with Crippen LogP contribution in [-0.2, 0) is 10.8 Å². The first kappa shape index (κ1) is 14.2. The lowest BCUT2D eigenvalue weighted by Gasteiger charge is -2.23. The average molecular weight is 206 g/mol. The summed E-state index contributed by atoms with van der Waals surface area (Å²) < 4.78 is 0. The molecular formula is C15H26. The van der Waals surface area contributed by atoms with Gasteiger partial charge < -0.3 is 0 Å². The molecule has 0 heteroatoms. The molecule has 15 heavy (non-hydrogen) atoms. The van der Waals surface area contributed by atoms with E-state index in [4.69, 9.17) is 0 Å². The normalized spacial score (nSPS) is 12.1. The van der Waals surface area contributed by atoms with Crippen molar-refractivity contribution < 1.29 is 0 Å². The van der Waals surface area contributed by atoms with Gasteiger partial charge in [-0.05, 0) is 22.0 Å². The quantitative estimate of drug-likeness (QED) is 0.565. The van der Waals surface area contributed by atoms with Crippen LogP contribution in [0.15, 0.2) is 24.3 Å². The zero-order valence-corrected chi connectivity index (χ0v) is 10.3. The monoisotopic (exact) mass is 206 g/mol. The van der Waals surface area contributed by atoms with Gasteiger partial charge >= 0.3 is 0 Å². The molecule has 0 heterocycles. The molecule has 0 N–H and O–H groups in total. The Bertz CT molecular complexity index is 257. The molecule has 1 rings (SSSR count). The fourth-order valence-corrected chi connectivity index (χ4v) is 1.47. The largest absolute Gasteiger partial charge is 0.0776 e. The molecule has 0 saturated heterocycles. The molecule has 0 spiro atoms. The first-order chi connectivity index (χ1) is 6.21. The summed E-state index contributed by atoms with van der Waals surface area (Å²) in [4.78, 5) is 0. The van der Waals surface area contributed by atoms with E-state index in [-0.39, 0.29) is 18.3 Å². The van der Waals surface area contributed by atoms with Crippen LogP contribution in [0.3, 0.4) is 0 Å². The number of hydrogen-bond donors (Lipinski definition) is 0. The zero-order chi connectivity index (χ0) is 11.0. The van der Waals surface area contributed by atoms with Crippen molar-refractivity contribution in [3.8, 4) is 0 Å². The summed E-state index contributed by atoms with van der Waals surface area (Å²) in [5, 5.41) is 0. The molecule has 0 aliphatic carbocycles. The Morgan fingerprint density at radius 1 is 0.600 bits per heavy atom. The predicted molar refractivity (Wildman–Crippen MR) is 70.6 cm³/mol. The van der Waals surface area contributed by atoms with E-state index in [1.165, 1.54) is 11.1 Å². The minimum Gasteiger partial charge on any atom is -0.0776 e. The van der Waals surface area contributed by atoms with Crippen LogP contribution in [0.4, 0.5) is 0 Å². The van der Waals surface area contributed by atoms with E-state index < -0.39 is 0 Å². The first-order valence-corrected chi connectivity index (χ1v) is 5.32.